The molecule has 4 aromatic rings. The van der Waals surface area contributed by atoms with Gasteiger partial charge in [-0.25, -0.2) is 4.39 Å². The van der Waals surface area contributed by atoms with Gasteiger partial charge in [-0.1, -0.05) is 12.1 Å². The van der Waals surface area contributed by atoms with E-state index >= 15 is 0 Å². The van der Waals surface area contributed by atoms with Gasteiger partial charge in [-0.2, -0.15) is 5.26 Å². The fourth-order valence-electron chi connectivity index (χ4n) is 3.05. The number of phenols is 1. The number of hydrogen-bond donors (Lipinski definition) is 3. The summed E-state index contributed by atoms with van der Waals surface area (Å²) < 4.78 is 14.8. The SMILES string of the molecule is N#Cc1c(O)c2c(ccn2-c2ccc(-c3ccc(F)cc3O)cc2)[nH]c1=O. The number of fused-ring (bicyclic) bond motifs is 1. The van der Waals surface area contributed by atoms with Gasteiger partial charge in [0.25, 0.3) is 5.56 Å². The van der Waals surface area contributed by atoms with E-state index in [9.17, 15) is 19.4 Å². The zero-order valence-corrected chi connectivity index (χ0v) is 13.8. The number of hydrogen-bond acceptors (Lipinski definition) is 4. The smallest absolute Gasteiger partial charge is 0.270 e. The zero-order valence-electron chi connectivity index (χ0n) is 13.8. The van der Waals surface area contributed by atoms with Gasteiger partial charge in [0.1, 0.15) is 23.2 Å². The maximum absolute atomic E-state index is 13.2. The standard InChI is InChI=1S/C20H12FN3O3/c21-12-3-6-14(17(25)9-12)11-1-4-13(5-2-11)24-8-7-16-18(24)19(26)15(10-22)20(27)23-16/h1-9,25H,(H2,23,26,27). The maximum Gasteiger partial charge on any atom is 0.270 e. The van der Waals surface area contributed by atoms with Crippen molar-refractivity contribution < 1.29 is 14.6 Å². The number of phenolic OH excluding ortho intramolecular Hbond substituents is 1. The lowest BCUT2D eigenvalue weighted by Crippen LogP contribution is -2.10. The Balaban J connectivity index is 1.83. The monoisotopic (exact) mass is 361 g/mol. The molecule has 0 unspecified atom stereocenters. The lowest BCUT2D eigenvalue weighted by atomic mass is 10.0. The van der Waals surface area contributed by atoms with E-state index in [0.717, 1.165) is 6.07 Å². The number of aromatic nitrogens is 2. The predicted molar refractivity (Wildman–Crippen MR) is 97.3 cm³/mol. The quantitative estimate of drug-likeness (QED) is 0.509. The Bertz CT molecular complexity index is 1280. The molecule has 0 saturated carbocycles. The summed E-state index contributed by atoms with van der Waals surface area (Å²) >= 11 is 0. The molecule has 0 atom stereocenters. The number of benzene rings is 2. The summed E-state index contributed by atoms with van der Waals surface area (Å²) in [4.78, 5) is 14.4. The highest BCUT2D eigenvalue weighted by Crippen LogP contribution is 2.32. The van der Waals surface area contributed by atoms with Crippen LogP contribution in [-0.2, 0) is 0 Å². The van der Waals surface area contributed by atoms with Crippen molar-refractivity contribution in [2.75, 3.05) is 0 Å². The molecule has 0 aliphatic rings. The first-order valence-corrected chi connectivity index (χ1v) is 7.95. The Morgan fingerprint density at radius 2 is 1.81 bits per heavy atom. The molecule has 0 aliphatic carbocycles. The van der Waals surface area contributed by atoms with E-state index in [1.54, 1.807) is 47.2 Å². The van der Waals surface area contributed by atoms with Crippen molar-refractivity contribution in [2.45, 2.75) is 0 Å². The third-order valence-corrected chi connectivity index (χ3v) is 4.35. The summed E-state index contributed by atoms with van der Waals surface area (Å²) in [6.07, 6.45) is 1.66. The molecule has 4 rings (SSSR count). The van der Waals surface area contributed by atoms with Gasteiger partial charge in [0, 0.05) is 23.5 Å². The van der Waals surface area contributed by atoms with Crippen LogP contribution < -0.4 is 5.56 Å². The van der Waals surface area contributed by atoms with E-state index in [1.807, 2.05) is 0 Å². The van der Waals surface area contributed by atoms with E-state index in [-0.39, 0.29) is 17.1 Å². The molecule has 7 heteroatoms. The number of H-pyrrole nitrogens is 1. The Labute approximate surface area is 152 Å². The molecule has 2 heterocycles. The Morgan fingerprint density at radius 1 is 1.07 bits per heavy atom. The third-order valence-electron chi connectivity index (χ3n) is 4.35. The first kappa shape index (κ1) is 16.4. The van der Waals surface area contributed by atoms with Crippen LogP contribution in [0.15, 0.2) is 59.5 Å². The summed E-state index contributed by atoms with van der Waals surface area (Å²) in [5.41, 5.74) is 1.54. The van der Waals surface area contributed by atoms with Crippen LogP contribution in [0.1, 0.15) is 5.56 Å². The van der Waals surface area contributed by atoms with Crippen LogP contribution in [0.2, 0.25) is 0 Å². The Hall–Kier alpha value is -4.05. The topological polar surface area (TPSA) is 102 Å². The van der Waals surface area contributed by atoms with Crippen molar-refractivity contribution in [2.24, 2.45) is 0 Å². The number of nitrogens with one attached hydrogen (secondary N) is 1. The molecular weight excluding hydrogens is 349 g/mol. The van der Waals surface area contributed by atoms with Gasteiger partial charge in [0.05, 0.1) is 5.52 Å². The molecule has 27 heavy (non-hydrogen) atoms. The van der Waals surface area contributed by atoms with Crippen molar-refractivity contribution in [1.82, 2.24) is 9.55 Å². The fraction of sp³-hybridized carbons (Fsp3) is 0. The van der Waals surface area contributed by atoms with Crippen LogP contribution in [0.5, 0.6) is 11.5 Å². The molecule has 0 spiro atoms. The first-order valence-electron chi connectivity index (χ1n) is 7.95. The van der Waals surface area contributed by atoms with Crippen molar-refractivity contribution >= 4 is 11.0 Å². The zero-order chi connectivity index (χ0) is 19.1. The first-order chi connectivity index (χ1) is 13.0. The van der Waals surface area contributed by atoms with Gasteiger partial charge >= 0.3 is 0 Å². The van der Waals surface area contributed by atoms with Gasteiger partial charge in [0.15, 0.2) is 11.3 Å². The number of pyridine rings is 1. The second-order valence-electron chi connectivity index (χ2n) is 5.95. The summed E-state index contributed by atoms with van der Waals surface area (Å²) in [5, 5.41) is 29.3. The van der Waals surface area contributed by atoms with E-state index in [2.05, 4.69) is 4.98 Å². The van der Waals surface area contributed by atoms with Crippen molar-refractivity contribution in [3.05, 3.63) is 76.5 Å². The lowest BCUT2D eigenvalue weighted by molar-refractivity contribution is 0.471. The molecule has 0 amide bonds. The van der Waals surface area contributed by atoms with Crippen LogP contribution in [0, 0.1) is 17.1 Å². The van der Waals surface area contributed by atoms with Crippen LogP contribution in [0.3, 0.4) is 0 Å². The van der Waals surface area contributed by atoms with Crippen molar-refractivity contribution in [3.63, 3.8) is 0 Å². The Kier molecular flexibility index (Phi) is 3.67. The van der Waals surface area contributed by atoms with Crippen molar-refractivity contribution in [3.8, 4) is 34.4 Å². The van der Waals surface area contributed by atoms with Gasteiger partial charge in [-0.3, -0.25) is 4.79 Å². The highest BCUT2D eigenvalue weighted by atomic mass is 19.1. The highest BCUT2D eigenvalue weighted by Gasteiger charge is 2.16. The van der Waals surface area contributed by atoms with E-state index in [4.69, 9.17) is 5.26 Å². The number of nitrogens with zero attached hydrogens (tertiary/aromatic N) is 2. The average Bonchev–Trinajstić information content (AvgIpc) is 3.06. The lowest BCUT2D eigenvalue weighted by Gasteiger charge is -2.09. The molecule has 0 aliphatic heterocycles. The van der Waals surface area contributed by atoms with E-state index in [0.29, 0.717) is 27.8 Å². The highest BCUT2D eigenvalue weighted by molar-refractivity contribution is 5.86. The molecule has 0 radical (unpaired) electrons. The number of nitriles is 1. The average molecular weight is 361 g/mol. The largest absolute Gasteiger partial charge is 0.507 e. The number of rotatable bonds is 2. The summed E-state index contributed by atoms with van der Waals surface area (Å²) in [7, 11) is 0. The summed E-state index contributed by atoms with van der Waals surface area (Å²) in [6, 6.07) is 14.1. The molecule has 2 aromatic carbocycles. The minimum Gasteiger partial charge on any atom is -0.507 e. The second kappa shape index (κ2) is 6.04. The third kappa shape index (κ3) is 2.60. The molecule has 3 N–H and O–H groups in total. The van der Waals surface area contributed by atoms with Crippen LogP contribution >= 0.6 is 0 Å². The predicted octanol–water partition coefficient (Wildman–Crippen LogP) is 3.41. The maximum atomic E-state index is 13.2. The number of halogens is 1. The van der Waals surface area contributed by atoms with Gasteiger partial charge < -0.3 is 19.8 Å². The molecule has 132 valence electrons. The number of aromatic amines is 1. The van der Waals surface area contributed by atoms with Gasteiger partial charge in [0.2, 0.25) is 0 Å². The molecule has 6 nitrogen and oxygen atoms in total. The fourth-order valence-corrected chi connectivity index (χ4v) is 3.05. The van der Waals surface area contributed by atoms with Crippen molar-refractivity contribution in [1.29, 1.82) is 5.26 Å². The Morgan fingerprint density at radius 3 is 2.48 bits per heavy atom. The number of aromatic hydroxyl groups is 2. The normalized spacial score (nSPS) is 10.8. The van der Waals surface area contributed by atoms with E-state index < -0.39 is 11.4 Å². The van der Waals surface area contributed by atoms with Crippen LogP contribution in [0.4, 0.5) is 4.39 Å². The minimum absolute atomic E-state index is 0.164. The summed E-state index contributed by atoms with van der Waals surface area (Å²) in [5.74, 6) is -1.08. The molecule has 0 saturated heterocycles. The van der Waals surface area contributed by atoms with Crippen LogP contribution in [0.25, 0.3) is 27.8 Å². The molecular formula is C20H12FN3O3. The van der Waals surface area contributed by atoms with Crippen LogP contribution in [-0.4, -0.2) is 19.8 Å². The summed E-state index contributed by atoms with van der Waals surface area (Å²) in [6.45, 7) is 0. The molecule has 0 fully saturated rings. The van der Waals surface area contributed by atoms with Gasteiger partial charge in [-0.15, -0.1) is 0 Å². The second-order valence-corrected chi connectivity index (χ2v) is 5.95. The minimum atomic E-state index is -0.651. The van der Waals surface area contributed by atoms with Gasteiger partial charge in [-0.05, 0) is 35.9 Å². The molecule has 2 aromatic heterocycles. The van der Waals surface area contributed by atoms with E-state index in [1.165, 1.54) is 12.1 Å². The molecule has 0 bridgehead atoms.